The minimum Gasteiger partial charge on any atom is -0.497 e. The van der Waals surface area contributed by atoms with Crippen molar-refractivity contribution in [3.8, 4) is 5.75 Å². The van der Waals surface area contributed by atoms with Gasteiger partial charge in [-0.2, -0.15) is 0 Å². The topological polar surface area (TPSA) is 60.2 Å². The number of nitrogen functional groups attached to an aromatic ring is 1. The molecule has 0 unspecified atom stereocenters. The number of nitrogens with zero attached hydrogens (tertiary/aromatic N) is 1. The second-order valence-corrected chi connectivity index (χ2v) is 3.81. The summed E-state index contributed by atoms with van der Waals surface area (Å²) < 4.78 is 5.15. The average Bonchev–Trinajstić information content (AvgIpc) is 2.33. The quantitative estimate of drug-likeness (QED) is 0.849. The minimum absolute atomic E-state index is 0.632. The molecule has 2 aromatic rings. The standard InChI is InChI=1S/C13H15N3O/c1-9-6-12(14)13(15-8-9)16-10-4-3-5-11(7-10)17-2/h3-8H,14H2,1-2H3,(H,15,16). The first-order valence-electron chi connectivity index (χ1n) is 5.32. The Balaban J connectivity index is 2.25. The van der Waals surface area contributed by atoms with Gasteiger partial charge in [0.1, 0.15) is 5.75 Å². The van der Waals surface area contributed by atoms with E-state index < -0.39 is 0 Å². The van der Waals surface area contributed by atoms with Crippen LogP contribution in [0.15, 0.2) is 36.5 Å². The summed E-state index contributed by atoms with van der Waals surface area (Å²) in [5, 5.41) is 3.16. The monoisotopic (exact) mass is 229 g/mol. The van der Waals surface area contributed by atoms with Crippen molar-refractivity contribution < 1.29 is 4.74 Å². The Hall–Kier alpha value is -2.23. The van der Waals surface area contributed by atoms with E-state index in [-0.39, 0.29) is 0 Å². The van der Waals surface area contributed by atoms with Gasteiger partial charge in [-0.15, -0.1) is 0 Å². The number of hydrogen-bond acceptors (Lipinski definition) is 4. The third kappa shape index (κ3) is 2.66. The lowest BCUT2D eigenvalue weighted by Gasteiger charge is -2.09. The lowest BCUT2D eigenvalue weighted by atomic mass is 10.2. The van der Waals surface area contributed by atoms with Crippen molar-refractivity contribution in [2.45, 2.75) is 6.92 Å². The molecule has 17 heavy (non-hydrogen) atoms. The first kappa shape index (κ1) is 11.3. The molecule has 1 heterocycles. The molecule has 4 heteroatoms. The highest BCUT2D eigenvalue weighted by molar-refractivity contribution is 5.69. The lowest BCUT2D eigenvalue weighted by Crippen LogP contribution is -1.99. The smallest absolute Gasteiger partial charge is 0.153 e. The van der Waals surface area contributed by atoms with Crippen LogP contribution in [0.4, 0.5) is 17.2 Å². The van der Waals surface area contributed by atoms with Crippen LogP contribution in [-0.4, -0.2) is 12.1 Å². The van der Waals surface area contributed by atoms with Gasteiger partial charge >= 0.3 is 0 Å². The molecule has 4 nitrogen and oxygen atoms in total. The van der Waals surface area contributed by atoms with Gasteiger partial charge < -0.3 is 15.8 Å². The zero-order valence-electron chi connectivity index (χ0n) is 9.90. The van der Waals surface area contributed by atoms with Crippen LogP contribution in [0, 0.1) is 6.92 Å². The molecule has 0 amide bonds. The maximum atomic E-state index is 5.88. The van der Waals surface area contributed by atoms with Gasteiger partial charge in [0.2, 0.25) is 0 Å². The summed E-state index contributed by atoms with van der Waals surface area (Å²) in [7, 11) is 1.64. The van der Waals surface area contributed by atoms with Crippen molar-refractivity contribution in [3.05, 3.63) is 42.1 Å². The third-order valence-electron chi connectivity index (χ3n) is 2.39. The van der Waals surface area contributed by atoms with Gasteiger partial charge in [-0.1, -0.05) is 6.07 Å². The predicted octanol–water partition coefficient (Wildman–Crippen LogP) is 2.72. The summed E-state index contributed by atoms with van der Waals surface area (Å²) in [6, 6.07) is 9.50. The molecule has 0 saturated carbocycles. The number of ether oxygens (including phenoxy) is 1. The number of benzene rings is 1. The molecular formula is C13H15N3O. The molecule has 1 aromatic carbocycles. The third-order valence-corrected chi connectivity index (χ3v) is 2.39. The molecule has 2 rings (SSSR count). The van der Waals surface area contributed by atoms with Crippen LogP contribution in [-0.2, 0) is 0 Å². The normalized spacial score (nSPS) is 10.0. The Kier molecular flexibility index (Phi) is 3.14. The van der Waals surface area contributed by atoms with Gasteiger partial charge in [-0.05, 0) is 30.7 Å². The maximum absolute atomic E-state index is 5.88. The molecule has 3 N–H and O–H groups in total. The fourth-order valence-electron chi connectivity index (χ4n) is 1.53. The van der Waals surface area contributed by atoms with Crippen LogP contribution in [0.25, 0.3) is 0 Å². The Morgan fingerprint density at radius 2 is 2.12 bits per heavy atom. The van der Waals surface area contributed by atoms with E-state index in [0.29, 0.717) is 11.5 Å². The minimum atomic E-state index is 0.632. The fourth-order valence-corrected chi connectivity index (χ4v) is 1.53. The zero-order chi connectivity index (χ0) is 12.3. The second kappa shape index (κ2) is 4.74. The molecule has 0 atom stereocenters. The lowest BCUT2D eigenvalue weighted by molar-refractivity contribution is 0.415. The number of rotatable bonds is 3. The molecule has 0 bridgehead atoms. The van der Waals surface area contributed by atoms with Crippen molar-refractivity contribution in [1.82, 2.24) is 4.98 Å². The van der Waals surface area contributed by atoms with Gasteiger partial charge in [-0.3, -0.25) is 0 Å². The van der Waals surface area contributed by atoms with E-state index in [2.05, 4.69) is 10.3 Å². The van der Waals surface area contributed by atoms with Crippen LogP contribution in [0.5, 0.6) is 5.75 Å². The maximum Gasteiger partial charge on any atom is 0.153 e. The van der Waals surface area contributed by atoms with E-state index >= 15 is 0 Å². The molecule has 0 fully saturated rings. The van der Waals surface area contributed by atoms with E-state index in [9.17, 15) is 0 Å². The van der Waals surface area contributed by atoms with Crippen molar-refractivity contribution in [3.63, 3.8) is 0 Å². The molecule has 0 aliphatic carbocycles. The van der Waals surface area contributed by atoms with E-state index in [1.54, 1.807) is 13.3 Å². The van der Waals surface area contributed by atoms with Crippen LogP contribution in [0.3, 0.4) is 0 Å². The Morgan fingerprint density at radius 1 is 1.29 bits per heavy atom. The number of methoxy groups -OCH3 is 1. The van der Waals surface area contributed by atoms with Crippen LogP contribution >= 0.6 is 0 Å². The molecule has 0 radical (unpaired) electrons. The Bertz CT molecular complexity index is 526. The number of aryl methyl sites for hydroxylation is 1. The van der Waals surface area contributed by atoms with Gasteiger partial charge in [0.05, 0.1) is 12.8 Å². The summed E-state index contributed by atoms with van der Waals surface area (Å²) in [6.07, 6.45) is 1.78. The van der Waals surface area contributed by atoms with Gasteiger partial charge in [0.15, 0.2) is 5.82 Å². The van der Waals surface area contributed by atoms with Crippen LogP contribution < -0.4 is 15.8 Å². The van der Waals surface area contributed by atoms with E-state index in [1.807, 2.05) is 37.3 Å². The summed E-state index contributed by atoms with van der Waals surface area (Å²) >= 11 is 0. The molecule has 0 saturated heterocycles. The van der Waals surface area contributed by atoms with Gasteiger partial charge in [0.25, 0.3) is 0 Å². The number of anilines is 3. The summed E-state index contributed by atoms with van der Waals surface area (Å²) in [5.74, 6) is 1.45. The van der Waals surface area contributed by atoms with Gasteiger partial charge in [-0.25, -0.2) is 4.98 Å². The molecular weight excluding hydrogens is 214 g/mol. The molecule has 88 valence electrons. The largest absolute Gasteiger partial charge is 0.497 e. The number of pyridine rings is 1. The van der Waals surface area contributed by atoms with Crippen LogP contribution in [0.2, 0.25) is 0 Å². The molecule has 0 spiro atoms. The number of nitrogens with one attached hydrogen (secondary N) is 1. The Labute approximate surface area is 100 Å². The first-order chi connectivity index (χ1) is 8.19. The molecule has 0 aliphatic heterocycles. The number of nitrogens with two attached hydrogens (primary N) is 1. The van der Waals surface area contributed by atoms with Gasteiger partial charge in [0, 0.05) is 18.0 Å². The van der Waals surface area contributed by atoms with Crippen molar-refractivity contribution in [2.24, 2.45) is 0 Å². The predicted molar refractivity (Wildman–Crippen MR) is 69.7 cm³/mol. The molecule has 0 aliphatic rings. The average molecular weight is 229 g/mol. The summed E-state index contributed by atoms with van der Waals surface area (Å²) in [5.41, 5.74) is 8.45. The first-order valence-corrected chi connectivity index (χ1v) is 5.32. The summed E-state index contributed by atoms with van der Waals surface area (Å²) in [6.45, 7) is 1.96. The van der Waals surface area contributed by atoms with Crippen molar-refractivity contribution in [1.29, 1.82) is 0 Å². The zero-order valence-corrected chi connectivity index (χ0v) is 9.90. The molecule has 1 aromatic heterocycles. The SMILES string of the molecule is COc1cccc(Nc2ncc(C)cc2N)c1. The second-order valence-electron chi connectivity index (χ2n) is 3.81. The Morgan fingerprint density at radius 3 is 2.82 bits per heavy atom. The number of hydrogen-bond donors (Lipinski definition) is 2. The van der Waals surface area contributed by atoms with Crippen LogP contribution in [0.1, 0.15) is 5.56 Å². The summed E-state index contributed by atoms with van der Waals surface area (Å²) in [4.78, 5) is 4.25. The fraction of sp³-hybridized carbons (Fsp3) is 0.154. The highest BCUT2D eigenvalue weighted by Crippen LogP contribution is 2.23. The van der Waals surface area contributed by atoms with E-state index in [0.717, 1.165) is 17.0 Å². The number of aromatic nitrogens is 1. The van der Waals surface area contributed by atoms with E-state index in [1.165, 1.54) is 0 Å². The highest BCUT2D eigenvalue weighted by Gasteiger charge is 2.02. The van der Waals surface area contributed by atoms with E-state index in [4.69, 9.17) is 10.5 Å². The van der Waals surface area contributed by atoms with Crippen molar-refractivity contribution in [2.75, 3.05) is 18.2 Å². The van der Waals surface area contributed by atoms with Crippen molar-refractivity contribution >= 4 is 17.2 Å². The highest BCUT2D eigenvalue weighted by atomic mass is 16.5.